The number of aliphatic hydroxyl groups excluding tert-OH is 1. The molecule has 1 fully saturated rings. The van der Waals surface area contributed by atoms with Gasteiger partial charge in [-0.05, 0) is 11.1 Å². The lowest BCUT2D eigenvalue weighted by Crippen LogP contribution is -2.61. The van der Waals surface area contributed by atoms with Crippen LogP contribution in [0.15, 0.2) is 60.7 Å². The fraction of sp³-hybridized carbons (Fsp3) is 0.435. The summed E-state index contributed by atoms with van der Waals surface area (Å²) in [4.78, 5) is 11.9. The van der Waals surface area contributed by atoms with E-state index in [0.29, 0.717) is 0 Å². The molecule has 0 amide bonds. The van der Waals surface area contributed by atoms with E-state index in [9.17, 15) is 9.90 Å². The smallest absolute Gasteiger partial charge is 0.303 e. The van der Waals surface area contributed by atoms with Crippen molar-refractivity contribution in [3.05, 3.63) is 71.8 Å². The first-order valence-corrected chi connectivity index (χ1v) is 9.89. The van der Waals surface area contributed by atoms with Gasteiger partial charge in [0.1, 0.15) is 18.3 Å². The lowest BCUT2D eigenvalue weighted by molar-refractivity contribution is -0.315. The van der Waals surface area contributed by atoms with E-state index in [2.05, 4.69) is 0 Å². The van der Waals surface area contributed by atoms with Gasteiger partial charge in [0.15, 0.2) is 12.4 Å². The van der Waals surface area contributed by atoms with E-state index in [1.165, 1.54) is 14.0 Å². The predicted octanol–water partition coefficient (Wildman–Crippen LogP) is 2.45. The Balaban J connectivity index is 1.80. The summed E-state index contributed by atoms with van der Waals surface area (Å²) in [6, 6.07) is 19.2. The van der Waals surface area contributed by atoms with Crippen LogP contribution in [0.25, 0.3) is 0 Å². The number of benzene rings is 2. The van der Waals surface area contributed by atoms with Crippen molar-refractivity contribution in [2.45, 2.75) is 50.8 Å². The second-order valence-corrected chi connectivity index (χ2v) is 7.06. The number of hydrogen-bond acceptors (Lipinski definition) is 7. The molecule has 0 saturated carbocycles. The number of hydrogen-bond donors (Lipinski definition) is 1. The summed E-state index contributed by atoms with van der Waals surface area (Å²) >= 11 is 0. The molecule has 0 aromatic heterocycles. The largest absolute Gasteiger partial charge is 0.457 e. The number of methoxy groups -OCH3 is 1. The fourth-order valence-electron chi connectivity index (χ4n) is 3.45. The summed E-state index contributed by atoms with van der Waals surface area (Å²) in [6.45, 7) is 1.56. The second kappa shape index (κ2) is 11.2. The Morgan fingerprint density at radius 2 is 1.43 bits per heavy atom. The van der Waals surface area contributed by atoms with Gasteiger partial charge in [0.2, 0.25) is 0 Å². The Labute approximate surface area is 176 Å². The molecule has 5 atom stereocenters. The van der Waals surface area contributed by atoms with Crippen molar-refractivity contribution in [2.24, 2.45) is 0 Å². The summed E-state index contributed by atoms with van der Waals surface area (Å²) in [5, 5.41) is 9.88. The van der Waals surface area contributed by atoms with Crippen LogP contribution in [0.5, 0.6) is 0 Å². The maximum Gasteiger partial charge on any atom is 0.303 e. The molecular weight excluding hydrogens is 388 g/mol. The van der Waals surface area contributed by atoms with E-state index in [1.807, 2.05) is 60.7 Å². The lowest BCUT2D eigenvalue weighted by atomic mass is 9.98. The van der Waals surface area contributed by atoms with E-state index >= 15 is 0 Å². The van der Waals surface area contributed by atoms with Crippen molar-refractivity contribution in [3.8, 4) is 0 Å². The first kappa shape index (κ1) is 22.4. The number of esters is 1. The number of rotatable bonds is 9. The molecule has 0 radical (unpaired) electrons. The topological polar surface area (TPSA) is 83.5 Å². The molecule has 162 valence electrons. The van der Waals surface area contributed by atoms with Crippen LogP contribution in [0.1, 0.15) is 18.1 Å². The summed E-state index contributed by atoms with van der Waals surface area (Å²) in [7, 11) is 1.48. The zero-order valence-corrected chi connectivity index (χ0v) is 17.2. The van der Waals surface area contributed by atoms with Crippen molar-refractivity contribution in [1.29, 1.82) is 0 Å². The SMILES string of the molecule is CO[C@H]1O[C@H](CO)[C@@H](OCc2ccccc2)[C@H](OC(C)=O)[C@H]1OCc1ccccc1. The van der Waals surface area contributed by atoms with Crippen LogP contribution in [0, 0.1) is 0 Å². The standard InChI is InChI=1S/C23H28O7/c1-16(25)29-21-20(27-14-17-9-5-3-6-10-17)19(13-24)30-23(26-2)22(21)28-15-18-11-7-4-8-12-18/h3-12,19-24H,13-15H2,1-2H3/t19-,20-,21+,22-,23+/m1/s1. The molecule has 30 heavy (non-hydrogen) atoms. The van der Waals surface area contributed by atoms with E-state index < -0.39 is 36.7 Å². The molecule has 0 spiro atoms. The molecule has 1 saturated heterocycles. The van der Waals surface area contributed by atoms with Gasteiger partial charge in [-0.25, -0.2) is 0 Å². The molecule has 1 N–H and O–H groups in total. The average Bonchev–Trinajstić information content (AvgIpc) is 2.77. The Hall–Kier alpha value is -2.29. The maximum atomic E-state index is 11.9. The van der Waals surface area contributed by atoms with Crippen molar-refractivity contribution in [2.75, 3.05) is 13.7 Å². The third-order valence-corrected chi connectivity index (χ3v) is 4.88. The molecule has 1 aliphatic rings. The first-order valence-electron chi connectivity index (χ1n) is 9.89. The Kier molecular flexibility index (Phi) is 8.36. The fourth-order valence-corrected chi connectivity index (χ4v) is 3.45. The zero-order valence-electron chi connectivity index (χ0n) is 17.2. The third kappa shape index (κ3) is 5.87. The zero-order chi connectivity index (χ0) is 21.3. The van der Waals surface area contributed by atoms with E-state index in [0.717, 1.165) is 11.1 Å². The third-order valence-electron chi connectivity index (χ3n) is 4.88. The minimum absolute atomic E-state index is 0.270. The average molecular weight is 416 g/mol. The van der Waals surface area contributed by atoms with Crippen LogP contribution < -0.4 is 0 Å². The molecular formula is C23H28O7. The summed E-state index contributed by atoms with van der Waals surface area (Å²) in [5.74, 6) is -0.477. The van der Waals surface area contributed by atoms with Gasteiger partial charge in [-0.1, -0.05) is 60.7 Å². The molecule has 0 aliphatic carbocycles. The van der Waals surface area contributed by atoms with Crippen LogP contribution in [-0.4, -0.2) is 55.5 Å². The molecule has 2 aromatic rings. The summed E-state index contributed by atoms with van der Waals surface area (Å²) in [5.41, 5.74) is 1.91. The van der Waals surface area contributed by atoms with Crippen LogP contribution in [0.4, 0.5) is 0 Å². The molecule has 3 rings (SSSR count). The second-order valence-electron chi connectivity index (χ2n) is 7.06. The number of carbonyl (C=O) groups excluding carboxylic acids is 1. The van der Waals surface area contributed by atoms with E-state index in [1.54, 1.807) is 0 Å². The minimum atomic E-state index is -0.827. The molecule has 0 unspecified atom stereocenters. The highest BCUT2D eigenvalue weighted by Crippen LogP contribution is 2.30. The van der Waals surface area contributed by atoms with Crippen LogP contribution in [0.2, 0.25) is 0 Å². The summed E-state index contributed by atoms with van der Waals surface area (Å²) in [6.07, 6.45) is -3.84. The van der Waals surface area contributed by atoms with Gasteiger partial charge in [-0.3, -0.25) is 4.79 Å². The van der Waals surface area contributed by atoms with Crippen LogP contribution in [-0.2, 0) is 41.7 Å². The van der Waals surface area contributed by atoms with Crippen molar-refractivity contribution >= 4 is 5.97 Å². The van der Waals surface area contributed by atoms with Crippen molar-refractivity contribution in [3.63, 3.8) is 0 Å². The summed E-state index contributed by atoms with van der Waals surface area (Å²) < 4.78 is 29.1. The van der Waals surface area contributed by atoms with Gasteiger partial charge in [0.25, 0.3) is 0 Å². The first-order chi connectivity index (χ1) is 14.6. The Bertz CT molecular complexity index is 710. The highest BCUT2D eigenvalue weighted by atomic mass is 16.7. The van der Waals surface area contributed by atoms with Crippen LogP contribution >= 0.6 is 0 Å². The van der Waals surface area contributed by atoms with E-state index in [4.69, 9.17) is 23.7 Å². The maximum absolute atomic E-state index is 11.9. The molecule has 1 heterocycles. The van der Waals surface area contributed by atoms with Crippen LogP contribution in [0.3, 0.4) is 0 Å². The monoisotopic (exact) mass is 416 g/mol. The number of carbonyl (C=O) groups is 1. The van der Waals surface area contributed by atoms with Gasteiger partial charge >= 0.3 is 5.97 Å². The van der Waals surface area contributed by atoms with Crippen molar-refractivity contribution < 1.29 is 33.6 Å². The Morgan fingerprint density at radius 1 is 0.900 bits per heavy atom. The Morgan fingerprint density at radius 3 is 1.90 bits per heavy atom. The molecule has 7 heteroatoms. The van der Waals surface area contributed by atoms with Gasteiger partial charge in [0.05, 0.1) is 19.8 Å². The molecule has 7 nitrogen and oxygen atoms in total. The van der Waals surface area contributed by atoms with Gasteiger partial charge in [-0.2, -0.15) is 0 Å². The highest BCUT2D eigenvalue weighted by molar-refractivity contribution is 5.66. The van der Waals surface area contributed by atoms with Gasteiger partial charge in [0, 0.05) is 14.0 Å². The quantitative estimate of drug-likeness (QED) is 0.629. The lowest BCUT2D eigenvalue weighted by Gasteiger charge is -2.44. The predicted molar refractivity (Wildman–Crippen MR) is 108 cm³/mol. The molecule has 1 aliphatic heterocycles. The van der Waals surface area contributed by atoms with Gasteiger partial charge < -0.3 is 28.8 Å². The number of aliphatic hydroxyl groups is 1. The minimum Gasteiger partial charge on any atom is -0.457 e. The van der Waals surface area contributed by atoms with E-state index in [-0.39, 0.29) is 19.8 Å². The normalized spacial score (nSPS) is 26.3. The molecule has 2 aromatic carbocycles. The van der Waals surface area contributed by atoms with Gasteiger partial charge in [-0.15, -0.1) is 0 Å². The number of ether oxygens (including phenoxy) is 5. The highest BCUT2D eigenvalue weighted by Gasteiger charge is 2.49. The molecule has 0 bridgehead atoms. The van der Waals surface area contributed by atoms with Crippen molar-refractivity contribution in [1.82, 2.24) is 0 Å².